The maximum atomic E-state index is 12.7. The van der Waals surface area contributed by atoms with Gasteiger partial charge in [-0.3, -0.25) is 0 Å². The highest BCUT2D eigenvalue weighted by Gasteiger charge is 2.10. The Morgan fingerprint density at radius 3 is 1.58 bits per heavy atom. The van der Waals surface area contributed by atoms with E-state index in [1.807, 2.05) is 43.3 Å². The second-order valence-electron chi connectivity index (χ2n) is 11.5. The summed E-state index contributed by atoms with van der Waals surface area (Å²) in [7, 11) is 0. The number of hydrogen-bond acceptors (Lipinski definition) is 8. The summed E-state index contributed by atoms with van der Waals surface area (Å²) >= 11 is 0. The van der Waals surface area contributed by atoms with Crippen molar-refractivity contribution < 1.29 is 38.1 Å². The summed E-state index contributed by atoms with van der Waals surface area (Å²) in [5.74, 6) is 0.593. The van der Waals surface area contributed by atoms with Crippen molar-refractivity contribution in [3.63, 3.8) is 0 Å². The minimum atomic E-state index is -0.481. The lowest BCUT2D eigenvalue weighted by atomic mass is 10.1. The minimum Gasteiger partial charge on any atom is -0.494 e. The first-order valence-electron chi connectivity index (χ1n) is 16.8. The Hall–Kier alpha value is -4.85. The molecule has 0 heterocycles. The van der Waals surface area contributed by atoms with Crippen LogP contribution >= 0.6 is 0 Å². The average molecular weight is 657 g/mol. The molecule has 0 fully saturated rings. The molecule has 0 saturated carbocycles. The third-order valence-electron chi connectivity index (χ3n) is 7.53. The molecule has 3 aromatic rings. The van der Waals surface area contributed by atoms with Crippen molar-refractivity contribution in [2.24, 2.45) is 0 Å². The van der Waals surface area contributed by atoms with Crippen LogP contribution in [0, 0.1) is 0 Å². The Labute approximate surface area is 284 Å². The quantitative estimate of drug-likeness (QED) is 0.0432. The largest absolute Gasteiger partial charge is 0.494 e. The second-order valence-corrected chi connectivity index (χ2v) is 11.5. The van der Waals surface area contributed by atoms with Gasteiger partial charge >= 0.3 is 17.9 Å². The fraction of sp³-hybridized carbons (Fsp3) is 0.375. The molecule has 0 aromatic heterocycles. The van der Waals surface area contributed by atoms with E-state index in [0.29, 0.717) is 30.3 Å². The minimum absolute atomic E-state index is 0.135. The first kappa shape index (κ1) is 37.6. The third kappa shape index (κ3) is 14.7. The summed E-state index contributed by atoms with van der Waals surface area (Å²) in [6, 6.07) is 21.9. The first-order valence-corrected chi connectivity index (χ1v) is 16.8. The highest BCUT2D eigenvalue weighted by atomic mass is 16.6. The van der Waals surface area contributed by atoms with Gasteiger partial charge in [-0.1, -0.05) is 88.8 Å². The smallest absolute Gasteiger partial charge is 0.343 e. The predicted octanol–water partition coefficient (Wildman–Crippen LogP) is 9.08. The van der Waals surface area contributed by atoms with Crippen molar-refractivity contribution in [3.05, 3.63) is 104 Å². The number of rotatable bonds is 23. The van der Waals surface area contributed by atoms with Crippen LogP contribution in [0.1, 0.15) is 81.5 Å². The Morgan fingerprint density at radius 2 is 1.04 bits per heavy atom. The van der Waals surface area contributed by atoms with Crippen LogP contribution in [-0.2, 0) is 19.1 Å². The van der Waals surface area contributed by atoms with E-state index in [0.717, 1.165) is 48.6 Å². The van der Waals surface area contributed by atoms with E-state index in [-0.39, 0.29) is 18.7 Å². The van der Waals surface area contributed by atoms with Crippen molar-refractivity contribution in [1.29, 1.82) is 0 Å². The lowest BCUT2D eigenvalue weighted by Crippen LogP contribution is -2.20. The van der Waals surface area contributed by atoms with E-state index in [1.165, 1.54) is 44.6 Å². The van der Waals surface area contributed by atoms with Crippen molar-refractivity contribution >= 4 is 17.9 Å². The van der Waals surface area contributed by atoms with Crippen molar-refractivity contribution in [2.75, 3.05) is 19.8 Å². The van der Waals surface area contributed by atoms with E-state index >= 15 is 0 Å². The van der Waals surface area contributed by atoms with Gasteiger partial charge in [0.1, 0.15) is 30.0 Å². The molecule has 0 aliphatic carbocycles. The van der Waals surface area contributed by atoms with Crippen LogP contribution in [0.15, 0.2) is 98.1 Å². The monoisotopic (exact) mass is 656 g/mol. The Kier molecular flexibility index (Phi) is 17.1. The van der Waals surface area contributed by atoms with Gasteiger partial charge in [-0.25, -0.2) is 14.4 Å². The molecule has 256 valence electrons. The Morgan fingerprint density at radius 1 is 0.583 bits per heavy atom. The van der Waals surface area contributed by atoms with Gasteiger partial charge in [0, 0.05) is 12.2 Å². The first-order chi connectivity index (χ1) is 23.4. The molecule has 0 unspecified atom stereocenters. The third-order valence-corrected chi connectivity index (χ3v) is 7.53. The zero-order valence-corrected chi connectivity index (χ0v) is 28.0. The van der Waals surface area contributed by atoms with Gasteiger partial charge in [-0.05, 0) is 79.4 Å². The van der Waals surface area contributed by atoms with Gasteiger partial charge in [0.2, 0.25) is 0 Å². The summed E-state index contributed by atoms with van der Waals surface area (Å²) in [5, 5.41) is 0. The van der Waals surface area contributed by atoms with Gasteiger partial charge < -0.3 is 23.7 Å². The molecule has 3 aromatic carbocycles. The number of carbonyl (C=O) groups excluding carboxylic acids is 3. The zero-order valence-electron chi connectivity index (χ0n) is 28.0. The van der Waals surface area contributed by atoms with E-state index in [2.05, 4.69) is 13.2 Å². The molecule has 0 radical (unpaired) electrons. The molecule has 0 aliphatic heterocycles. The maximum absolute atomic E-state index is 12.7. The van der Waals surface area contributed by atoms with E-state index in [4.69, 9.17) is 23.7 Å². The number of unbranched alkanes of at least 4 members (excludes halogenated alkanes) is 9. The molecular weight excluding hydrogens is 608 g/mol. The molecule has 48 heavy (non-hydrogen) atoms. The molecule has 0 spiro atoms. The molecule has 0 bridgehead atoms. The summed E-state index contributed by atoms with van der Waals surface area (Å²) in [6.07, 6.45) is 13.5. The fourth-order valence-electron chi connectivity index (χ4n) is 4.86. The number of ether oxygens (including phenoxy) is 5. The molecule has 0 amide bonds. The van der Waals surface area contributed by atoms with E-state index < -0.39 is 11.9 Å². The van der Waals surface area contributed by atoms with Crippen LogP contribution < -0.4 is 14.2 Å². The summed E-state index contributed by atoms with van der Waals surface area (Å²) < 4.78 is 27.2. The second kappa shape index (κ2) is 21.9. The number of benzene rings is 3. The van der Waals surface area contributed by atoms with Crippen LogP contribution in [0.25, 0.3) is 11.1 Å². The van der Waals surface area contributed by atoms with Gasteiger partial charge in [-0.2, -0.15) is 0 Å². The maximum Gasteiger partial charge on any atom is 0.343 e. The molecule has 3 rings (SSSR count). The topological polar surface area (TPSA) is 97.4 Å². The van der Waals surface area contributed by atoms with E-state index in [1.54, 1.807) is 36.4 Å². The van der Waals surface area contributed by atoms with Crippen LogP contribution in [0.4, 0.5) is 0 Å². The molecule has 8 heteroatoms. The average Bonchev–Trinajstić information content (AvgIpc) is 3.11. The molecule has 0 N–H and O–H groups in total. The van der Waals surface area contributed by atoms with Gasteiger partial charge in [0.25, 0.3) is 0 Å². The highest BCUT2D eigenvalue weighted by Crippen LogP contribution is 2.26. The molecule has 0 aliphatic rings. The Balaban J connectivity index is 1.27. The number of hydrogen-bond donors (Lipinski definition) is 0. The number of carbonyl (C=O) groups is 3. The predicted molar refractivity (Wildman–Crippen MR) is 187 cm³/mol. The summed E-state index contributed by atoms with van der Waals surface area (Å²) in [5.41, 5.74) is 2.39. The fourth-order valence-corrected chi connectivity index (χ4v) is 4.86. The van der Waals surface area contributed by atoms with Crippen LogP contribution in [0.3, 0.4) is 0 Å². The van der Waals surface area contributed by atoms with Crippen molar-refractivity contribution in [1.82, 2.24) is 0 Å². The van der Waals surface area contributed by atoms with Crippen LogP contribution in [0.5, 0.6) is 17.2 Å². The van der Waals surface area contributed by atoms with Crippen LogP contribution in [0.2, 0.25) is 0 Å². The van der Waals surface area contributed by atoms with Crippen molar-refractivity contribution in [2.45, 2.75) is 77.2 Å². The summed E-state index contributed by atoms with van der Waals surface area (Å²) in [6.45, 7) is 9.85. The molecule has 1 atom stereocenters. The van der Waals surface area contributed by atoms with E-state index in [9.17, 15) is 14.4 Å². The van der Waals surface area contributed by atoms with Crippen LogP contribution in [-0.4, -0.2) is 43.8 Å². The molecule has 0 saturated heterocycles. The highest BCUT2D eigenvalue weighted by molar-refractivity contribution is 5.91. The zero-order chi connectivity index (χ0) is 34.4. The number of esters is 3. The standard InChI is InChI=1S/C40H48O8/c1-4-38(41)45-29-15-13-11-9-7-6-8-10-12-14-28-44-35-22-20-34(21-23-35)40(43)48-37-26-18-33(19-27-37)32-16-24-36(25-17-32)47-31(3)30-46-39(42)5-2/h4-5,16-27,31H,1-2,6-15,28-30H2,3H3/t31-/m0/s1. The van der Waals surface area contributed by atoms with Gasteiger partial charge in [0.05, 0.1) is 18.8 Å². The lowest BCUT2D eigenvalue weighted by Gasteiger charge is -2.14. The van der Waals surface area contributed by atoms with Gasteiger partial charge in [0.15, 0.2) is 0 Å². The van der Waals surface area contributed by atoms with Crippen molar-refractivity contribution in [3.8, 4) is 28.4 Å². The summed E-state index contributed by atoms with van der Waals surface area (Å²) in [4.78, 5) is 34.9. The molecule has 8 nitrogen and oxygen atoms in total. The Bertz CT molecular complexity index is 1410. The molecular formula is C40H48O8. The lowest BCUT2D eigenvalue weighted by molar-refractivity contribution is -0.140. The van der Waals surface area contributed by atoms with Gasteiger partial charge in [-0.15, -0.1) is 0 Å². The normalized spacial score (nSPS) is 11.2. The SMILES string of the molecule is C=CC(=O)OCCCCCCCCCCCCOc1ccc(C(=O)Oc2ccc(-c3ccc(O[C@@H](C)COC(=O)C=C)cc3)cc2)cc1.